The lowest BCUT2D eigenvalue weighted by Crippen LogP contribution is -2.09. The van der Waals surface area contributed by atoms with Crippen LogP contribution in [0.15, 0.2) is 41.1 Å². The largest absolute Gasteiger partial charge is 0.367 e. The maximum absolute atomic E-state index is 4.92. The van der Waals surface area contributed by atoms with Gasteiger partial charge in [0.25, 0.3) is 0 Å². The molecule has 0 aliphatic carbocycles. The SMILES string of the molecule is Cc1n[nH]c(SCCNc2nc(-c3csc4ccccc34)nc3c2ncn3C(C)C)n1. The Hall–Kier alpha value is -2.98. The van der Waals surface area contributed by atoms with Gasteiger partial charge in [-0.25, -0.2) is 19.9 Å². The van der Waals surface area contributed by atoms with Crippen LogP contribution in [-0.2, 0) is 0 Å². The molecule has 5 rings (SSSR count). The van der Waals surface area contributed by atoms with Crippen LogP contribution < -0.4 is 5.32 Å². The van der Waals surface area contributed by atoms with E-state index in [1.165, 1.54) is 10.1 Å². The quantitative estimate of drug-likeness (QED) is 0.268. The van der Waals surface area contributed by atoms with Crippen molar-refractivity contribution in [3.63, 3.8) is 0 Å². The van der Waals surface area contributed by atoms with E-state index < -0.39 is 0 Å². The summed E-state index contributed by atoms with van der Waals surface area (Å²) < 4.78 is 3.32. The Morgan fingerprint density at radius 1 is 1.19 bits per heavy atom. The molecule has 4 aromatic heterocycles. The molecule has 1 aromatic carbocycles. The molecule has 0 atom stereocenters. The van der Waals surface area contributed by atoms with Crippen molar-refractivity contribution in [2.45, 2.75) is 32.0 Å². The van der Waals surface area contributed by atoms with Crippen molar-refractivity contribution in [2.75, 3.05) is 17.6 Å². The van der Waals surface area contributed by atoms with Crippen LogP contribution in [0.25, 0.3) is 32.6 Å². The standard InChI is InChI=1S/C21H22N8S2/c1-12(2)29-11-23-17-19(22-8-9-30-21-24-13(3)27-28-21)25-18(26-20(17)29)15-10-31-16-7-5-4-6-14(15)16/h4-7,10-12H,8-9H2,1-3H3,(H,22,25,26)(H,24,27,28). The van der Waals surface area contributed by atoms with Crippen LogP contribution in [0, 0.1) is 6.92 Å². The number of H-pyrrole nitrogens is 1. The Morgan fingerprint density at radius 3 is 2.87 bits per heavy atom. The molecule has 2 N–H and O–H groups in total. The van der Waals surface area contributed by atoms with Crippen molar-refractivity contribution >= 4 is 50.2 Å². The van der Waals surface area contributed by atoms with E-state index in [1.54, 1.807) is 23.1 Å². The number of imidazole rings is 1. The van der Waals surface area contributed by atoms with Crippen molar-refractivity contribution < 1.29 is 0 Å². The number of aromatic amines is 1. The summed E-state index contributed by atoms with van der Waals surface area (Å²) in [6.07, 6.45) is 1.84. The van der Waals surface area contributed by atoms with E-state index in [2.05, 4.69) is 73.5 Å². The lowest BCUT2D eigenvalue weighted by Gasteiger charge is -2.11. The monoisotopic (exact) mass is 450 g/mol. The number of thioether (sulfide) groups is 1. The zero-order valence-corrected chi connectivity index (χ0v) is 19.1. The predicted molar refractivity (Wildman–Crippen MR) is 127 cm³/mol. The number of fused-ring (bicyclic) bond motifs is 2. The zero-order valence-electron chi connectivity index (χ0n) is 17.5. The van der Waals surface area contributed by atoms with Gasteiger partial charge in [0.1, 0.15) is 11.3 Å². The number of anilines is 1. The van der Waals surface area contributed by atoms with Gasteiger partial charge in [0, 0.05) is 39.4 Å². The molecule has 8 nitrogen and oxygen atoms in total. The van der Waals surface area contributed by atoms with E-state index >= 15 is 0 Å². The van der Waals surface area contributed by atoms with Gasteiger partial charge in [0.15, 0.2) is 22.4 Å². The van der Waals surface area contributed by atoms with Gasteiger partial charge in [0.05, 0.1) is 6.33 Å². The molecule has 10 heteroatoms. The van der Waals surface area contributed by atoms with Crippen molar-refractivity contribution in [3.8, 4) is 11.4 Å². The van der Waals surface area contributed by atoms with Crippen LogP contribution in [-0.4, -0.2) is 47.0 Å². The minimum Gasteiger partial charge on any atom is -0.367 e. The average Bonchev–Trinajstić information content (AvgIpc) is 3.48. The van der Waals surface area contributed by atoms with Crippen LogP contribution in [0.1, 0.15) is 25.7 Å². The number of hydrogen-bond donors (Lipinski definition) is 2. The van der Waals surface area contributed by atoms with Crippen LogP contribution >= 0.6 is 23.1 Å². The number of aromatic nitrogens is 7. The number of hydrogen-bond acceptors (Lipinski definition) is 8. The number of rotatable bonds is 7. The second kappa shape index (κ2) is 8.27. The fraction of sp³-hybridized carbons (Fsp3) is 0.286. The van der Waals surface area contributed by atoms with Gasteiger partial charge in [-0.3, -0.25) is 5.10 Å². The lowest BCUT2D eigenvalue weighted by molar-refractivity contribution is 0.613. The van der Waals surface area contributed by atoms with Crippen LogP contribution in [0.3, 0.4) is 0 Å². The molecule has 31 heavy (non-hydrogen) atoms. The Labute approximate surface area is 187 Å². The van der Waals surface area contributed by atoms with Crippen molar-refractivity contribution in [2.24, 2.45) is 0 Å². The molecule has 0 fully saturated rings. The summed E-state index contributed by atoms with van der Waals surface area (Å²) in [4.78, 5) is 18.7. The molecule has 0 aliphatic heterocycles. The second-order valence-corrected chi connectivity index (χ2v) is 9.42. The van der Waals surface area contributed by atoms with Crippen molar-refractivity contribution in [1.29, 1.82) is 0 Å². The average molecular weight is 451 g/mol. The Bertz CT molecular complexity index is 1350. The summed E-state index contributed by atoms with van der Waals surface area (Å²) in [7, 11) is 0. The highest BCUT2D eigenvalue weighted by Gasteiger charge is 2.17. The molecule has 0 saturated carbocycles. The minimum absolute atomic E-state index is 0.255. The number of thiophene rings is 1. The Balaban J connectivity index is 1.49. The van der Waals surface area contributed by atoms with E-state index in [0.29, 0.717) is 5.82 Å². The number of benzene rings is 1. The molecular weight excluding hydrogens is 428 g/mol. The molecule has 0 unspecified atom stereocenters. The molecule has 0 radical (unpaired) electrons. The normalized spacial score (nSPS) is 11.7. The first-order valence-corrected chi connectivity index (χ1v) is 11.9. The summed E-state index contributed by atoms with van der Waals surface area (Å²) in [5.74, 6) is 3.04. The highest BCUT2D eigenvalue weighted by atomic mass is 32.2. The number of nitrogens with zero attached hydrogens (tertiary/aromatic N) is 6. The molecule has 5 aromatic rings. The highest BCUT2D eigenvalue weighted by Crippen LogP contribution is 2.34. The Morgan fingerprint density at radius 2 is 2.06 bits per heavy atom. The first-order valence-electron chi connectivity index (χ1n) is 10.1. The first-order chi connectivity index (χ1) is 15.1. The van der Waals surface area contributed by atoms with Crippen LogP contribution in [0.4, 0.5) is 5.82 Å². The van der Waals surface area contributed by atoms with Crippen molar-refractivity contribution in [1.82, 2.24) is 34.7 Å². The molecule has 0 amide bonds. The molecule has 0 spiro atoms. The molecule has 158 valence electrons. The maximum Gasteiger partial charge on any atom is 0.183 e. The molecule has 0 aliphatic rings. The second-order valence-electron chi connectivity index (χ2n) is 7.42. The van der Waals surface area contributed by atoms with E-state index in [4.69, 9.17) is 9.97 Å². The van der Waals surface area contributed by atoms with Gasteiger partial charge in [-0.05, 0) is 26.8 Å². The highest BCUT2D eigenvalue weighted by molar-refractivity contribution is 7.99. The van der Waals surface area contributed by atoms with Gasteiger partial charge in [-0.15, -0.1) is 11.3 Å². The van der Waals surface area contributed by atoms with Crippen molar-refractivity contribution in [3.05, 3.63) is 41.8 Å². The van der Waals surface area contributed by atoms with Gasteiger partial charge in [-0.1, -0.05) is 30.0 Å². The molecule has 4 heterocycles. The summed E-state index contributed by atoms with van der Waals surface area (Å²) in [6.45, 7) is 6.85. The zero-order chi connectivity index (χ0) is 21.4. The van der Waals surface area contributed by atoms with E-state index in [1.807, 2.05) is 13.3 Å². The third kappa shape index (κ3) is 3.88. The molecule has 0 saturated heterocycles. The van der Waals surface area contributed by atoms with E-state index in [-0.39, 0.29) is 6.04 Å². The minimum atomic E-state index is 0.255. The first kappa shape index (κ1) is 20.0. The summed E-state index contributed by atoms with van der Waals surface area (Å²) in [6, 6.07) is 8.61. The fourth-order valence-electron chi connectivity index (χ4n) is 3.40. The third-order valence-electron chi connectivity index (χ3n) is 4.91. The van der Waals surface area contributed by atoms with Crippen LogP contribution in [0.5, 0.6) is 0 Å². The van der Waals surface area contributed by atoms with Gasteiger partial charge < -0.3 is 9.88 Å². The number of nitrogens with one attached hydrogen (secondary N) is 2. The number of aryl methyl sites for hydroxylation is 1. The summed E-state index contributed by atoms with van der Waals surface area (Å²) in [5.41, 5.74) is 2.68. The van der Waals surface area contributed by atoms with Crippen LogP contribution in [0.2, 0.25) is 0 Å². The maximum atomic E-state index is 4.92. The lowest BCUT2D eigenvalue weighted by atomic mass is 10.1. The topological polar surface area (TPSA) is 97.2 Å². The summed E-state index contributed by atoms with van der Waals surface area (Å²) in [5, 5.41) is 14.6. The van der Waals surface area contributed by atoms with E-state index in [9.17, 15) is 0 Å². The van der Waals surface area contributed by atoms with Gasteiger partial charge in [0.2, 0.25) is 0 Å². The molecular formula is C21H22N8S2. The summed E-state index contributed by atoms with van der Waals surface area (Å²) >= 11 is 3.33. The third-order valence-corrected chi connectivity index (χ3v) is 6.74. The fourth-order valence-corrected chi connectivity index (χ4v) is 5.04. The van der Waals surface area contributed by atoms with Gasteiger partial charge >= 0.3 is 0 Å². The smallest absolute Gasteiger partial charge is 0.183 e. The predicted octanol–water partition coefficient (Wildman–Crippen LogP) is 4.92. The van der Waals surface area contributed by atoms with E-state index in [0.717, 1.165) is 45.8 Å². The Kier molecular flexibility index (Phi) is 5.33. The van der Waals surface area contributed by atoms with Gasteiger partial charge in [-0.2, -0.15) is 5.10 Å². The molecule has 0 bridgehead atoms.